The molecule has 0 aliphatic carbocycles. The number of rotatable bonds is 2. The topological polar surface area (TPSA) is 79.1 Å². The van der Waals surface area contributed by atoms with Gasteiger partial charge in [-0.25, -0.2) is 4.98 Å². The minimum absolute atomic E-state index is 0.192. The third-order valence-corrected chi connectivity index (χ3v) is 5.24. The first kappa shape index (κ1) is 15.7. The van der Waals surface area contributed by atoms with E-state index in [0.29, 0.717) is 6.61 Å². The van der Waals surface area contributed by atoms with Crippen molar-refractivity contribution in [3.8, 4) is 17.1 Å². The van der Waals surface area contributed by atoms with Gasteiger partial charge in [-0.3, -0.25) is 0 Å². The minimum atomic E-state index is 0.192. The van der Waals surface area contributed by atoms with Gasteiger partial charge in [0.15, 0.2) is 5.58 Å². The van der Waals surface area contributed by atoms with Crippen LogP contribution in [0.1, 0.15) is 18.9 Å². The van der Waals surface area contributed by atoms with Crippen LogP contribution in [0.2, 0.25) is 0 Å². The number of benzene rings is 2. The summed E-state index contributed by atoms with van der Waals surface area (Å²) in [4.78, 5) is 9.23. The first-order chi connectivity index (χ1) is 12.6. The molecular formula is C19H17BrN4O2. The van der Waals surface area contributed by atoms with E-state index < -0.39 is 0 Å². The van der Waals surface area contributed by atoms with E-state index in [9.17, 15) is 0 Å². The van der Waals surface area contributed by atoms with Gasteiger partial charge in [0.2, 0.25) is 0 Å². The van der Waals surface area contributed by atoms with Crippen LogP contribution in [0, 0.1) is 0 Å². The summed E-state index contributed by atoms with van der Waals surface area (Å²) in [6.07, 6.45) is 1.77. The van der Waals surface area contributed by atoms with Crippen LogP contribution in [-0.4, -0.2) is 21.1 Å². The fourth-order valence-electron chi connectivity index (χ4n) is 3.66. The Kier molecular flexibility index (Phi) is 3.46. The summed E-state index contributed by atoms with van der Waals surface area (Å²) in [6.45, 7) is 3.66. The van der Waals surface area contributed by atoms with Gasteiger partial charge in [-0.1, -0.05) is 22.9 Å². The first-order valence-corrected chi connectivity index (χ1v) is 9.45. The summed E-state index contributed by atoms with van der Waals surface area (Å²) in [5.41, 5.74) is 11.3. The fourth-order valence-corrected chi connectivity index (χ4v) is 4.09. The smallest absolute Gasteiger partial charge is 0.292 e. The maximum absolute atomic E-state index is 5.93. The minimum Gasteiger partial charge on any atom is -0.491 e. The van der Waals surface area contributed by atoms with Crippen LogP contribution in [0.5, 0.6) is 5.75 Å². The van der Waals surface area contributed by atoms with Gasteiger partial charge in [0.05, 0.1) is 12.1 Å². The van der Waals surface area contributed by atoms with Gasteiger partial charge in [-0.15, -0.1) is 0 Å². The number of anilines is 1. The highest BCUT2D eigenvalue weighted by atomic mass is 79.9. The molecule has 2 N–H and O–H groups in total. The van der Waals surface area contributed by atoms with Crippen LogP contribution in [0.3, 0.4) is 0 Å². The number of hydrogen-bond donors (Lipinski definition) is 1. The monoisotopic (exact) mass is 412 g/mol. The Morgan fingerprint density at radius 3 is 2.92 bits per heavy atom. The molecule has 0 fully saturated rings. The zero-order chi connectivity index (χ0) is 17.8. The molecule has 0 saturated heterocycles. The molecule has 0 atom stereocenters. The molecule has 0 amide bonds. The molecule has 3 heterocycles. The van der Waals surface area contributed by atoms with Gasteiger partial charge >= 0.3 is 0 Å². The predicted molar refractivity (Wildman–Crippen MR) is 104 cm³/mol. The summed E-state index contributed by atoms with van der Waals surface area (Å²) in [7, 11) is 0. The lowest BCUT2D eigenvalue weighted by Gasteiger charge is -2.08. The second-order valence-corrected chi connectivity index (χ2v) is 7.37. The zero-order valence-electron chi connectivity index (χ0n) is 14.3. The molecule has 132 valence electrons. The molecule has 6 nitrogen and oxygen atoms in total. The predicted octanol–water partition coefficient (Wildman–Crippen LogP) is 4.53. The normalized spacial score (nSPS) is 13.9. The van der Waals surface area contributed by atoms with Gasteiger partial charge in [-0.05, 0) is 42.7 Å². The molecule has 26 heavy (non-hydrogen) atoms. The number of aromatic nitrogens is 3. The van der Waals surface area contributed by atoms with Crippen LogP contribution in [0.25, 0.3) is 33.5 Å². The molecular weight excluding hydrogens is 396 g/mol. The number of halogens is 1. The van der Waals surface area contributed by atoms with Gasteiger partial charge in [0.25, 0.3) is 6.01 Å². The molecule has 0 unspecified atom stereocenters. The SMILES string of the molecule is CCc1cc(-c2nc3cc(Br)cc4c3n2CCCO4)cc2nc(N)oc12. The number of nitrogen functional groups attached to an aromatic ring is 1. The Morgan fingerprint density at radius 1 is 1.19 bits per heavy atom. The van der Waals surface area contributed by atoms with E-state index in [1.54, 1.807) is 0 Å². The molecule has 0 spiro atoms. The Balaban J connectivity index is 1.81. The number of hydrogen-bond acceptors (Lipinski definition) is 5. The molecule has 4 aromatic rings. The second kappa shape index (κ2) is 5.74. The molecule has 7 heteroatoms. The highest BCUT2D eigenvalue weighted by Crippen LogP contribution is 2.37. The van der Waals surface area contributed by atoms with Crippen LogP contribution in [0.15, 0.2) is 33.2 Å². The van der Waals surface area contributed by atoms with Crippen LogP contribution in [-0.2, 0) is 13.0 Å². The third-order valence-electron chi connectivity index (χ3n) is 4.78. The van der Waals surface area contributed by atoms with E-state index in [1.807, 2.05) is 18.2 Å². The van der Waals surface area contributed by atoms with E-state index in [2.05, 4.69) is 38.5 Å². The summed E-state index contributed by atoms with van der Waals surface area (Å²) in [6, 6.07) is 8.35. The number of fused-ring (bicyclic) bond motifs is 1. The Hall–Kier alpha value is -2.54. The van der Waals surface area contributed by atoms with Crippen molar-refractivity contribution in [3.63, 3.8) is 0 Å². The number of nitrogens with zero attached hydrogens (tertiary/aromatic N) is 3. The quantitative estimate of drug-likeness (QED) is 0.522. The van der Waals surface area contributed by atoms with E-state index in [-0.39, 0.29) is 6.01 Å². The van der Waals surface area contributed by atoms with Crippen molar-refractivity contribution in [1.82, 2.24) is 14.5 Å². The highest BCUT2D eigenvalue weighted by Gasteiger charge is 2.21. The largest absolute Gasteiger partial charge is 0.491 e. The number of imidazole rings is 1. The summed E-state index contributed by atoms with van der Waals surface area (Å²) in [5.74, 6) is 1.79. The maximum Gasteiger partial charge on any atom is 0.292 e. The molecule has 1 aliphatic rings. The lowest BCUT2D eigenvalue weighted by Crippen LogP contribution is -2.01. The number of oxazole rings is 1. The summed E-state index contributed by atoms with van der Waals surface area (Å²) in [5, 5.41) is 0. The average molecular weight is 413 g/mol. The van der Waals surface area contributed by atoms with Gasteiger partial charge < -0.3 is 19.5 Å². The van der Waals surface area contributed by atoms with Crippen LogP contribution in [0.4, 0.5) is 6.01 Å². The van der Waals surface area contributed by atoms with Crippen LogP contribution < -0.4 is 10.5 Å². The van der Waals surface area contributed by atoms with Crippen molar-refractivity contribution in [2.75, 3.05) is 12.3 Å². The second-order valence-electron chi connectivity index (χ2n) is 6.45. The molecule has 5 rings (SSSR count). The third kappa shape index (κ3) is 2.30. The zero-order valence-corrected chi connectivity index (χ0v) is 15.8. The lowest BCUT2D eigenvalue weighted by atomic mass is 10.1. The van der Waals surface area contributed by atoms with Crippen molar-refractivity contribution in [1.29, 1.82) is 0 Å². The van der Waals surface area contributed by atoms with E-state index in [4.69, 9.17) is 19.9 Å². The van der Waals surface area contributed by atoms with Crippen molar-refractivity contribution in [3.05, 3.63) is 34.3 Å². The molecule has 2 aromatic carbocycles. The molecule has 0 saturated carbocycles. The number of nitrogens with two attached hydrogens (primary N) is 1. The summed E-state index contributed by atoms with van der Waals surface area (Å²) < 4.78 is 14.7. The van der Waals surface area contributed by atoms with Gasteiger partial charge in [0, 0.05) is 16.6 Å². The highest BCUT2D eigenvalue weighted by molar-refractivity contribution is 9.10. The van der Waals surface area contributed by atoms with Crippen LogP contribution >= 0.6 is 15.9 Å². The fraction of sp³-hybridized carbons (Fsp3) is 0.263. The molecule has 0 bridgehead atoms. The number of aryl methyl sites for hydroxylation is 2. The van der Waals surface area contributed by atoms with E-state index in [1.165, 1.54) is 0 Å². The first-order valence-electron chi connectivity index (χ1n) is 8.66. The number of ether oxygens (including phenoxy) is 1. The maximum atomic E-state index is 5.93. The summed E-state index contributed by atoms with van der Waals surface area (Å²) >= 11 is 3.56. The average Bonchev–Trinajstić information content (AvgIpc) is 3.09. The Labute approximate surface area is 158 Å². The van der Waals surface area contributed by atoms with E-state index >= 15 is 0 Å². The standard InChI is InChI=1S/C19H17BrN4O2/c1-2-10-6-11(7-14-17(10)26-19(21)23-14)18-22-13-8-12(20)9-15-16(13)24(18)4-3-5-25-15/h6-9H,2-5H2,1H3,(H2,21,23). The van der Waals surface area contributed by atoms with Crippen molar-refractivity contribution >= 4 is 44.1 Å². The van der Waals surface area contributed by atoms with Gasteiger partial charge in [-0.2, -0.15) is 4.98 Å². The van der Waals surface area contributed by atoms with E-state index in [0.717, 1.165) is 68.7 Å². The lowest BCUT2D eigenvalue weighted by molar-refractivity contribution is 0.315. The molecule has 0 radical (unpaired) electrons. The molecule has 2 aromatic heterocycles. The van der Waals surface area contributed by atoms with Crippen molar-refractivity contribution in [2.45, 2.75) is 26.3 Å². The Bertz CT molecular complexity index is 1160. The van der Waals surface area contributed by atoms with Gasteiger partial charge in [0.1, 0.15) is 22.6 Å². The Morgan fingerprint density at radius 2 is 2.08 bits per heavy atom. The van der Waals surface area contributed by atoms with Crippen molar-refractivity contribution < 1.29 is 9.15 Å². The van der Waals surface area contributed by atoms with Crippen molar-refractivity contribution in [2.24, 2.45) is 0 Å². The molecule has 1 aliphatic heterocycles.